The molecule has 0 spiro atoms. The number of methoxy groups -OCH3 is 2. The first kappa shape index (κ1) is 22.4. The summed E-state index contributed by atoms with van der Waals surface area (Å²) in [6, 6.07) is 11.3. The van der Waals surface area contributed by atoms with E-state index in [1.165, 1.54) is 0 Å². The van der Waals surface area contributed by atoms with Crippen molar-refractivity contribution < 1.29 is 14.3 Å². The molecule has 0 aliphatic heterocycles. The van der Waals surface area contributed by atoms with E-state index in [9.17, 15) is 10.1 Å². The highest BCUT2D eigenvalue weighted by atomic mass is 16.5. The molecule has 6 heteroatoms. The SMILES string of the molecule is COc1cccc(C(C(=O)N(C)Cc2c3c(cc(C#N)c2OC)CCC=C3)N(C)C)c1. The Hall–Kier alpha value is -3.30. The number of aryl methyl sites for hydroxylation is 1. The van der Waals surface area contributed by atoms with Gasteiger partial charge in [-0.25, -0.2) is 0 Å². The van der Waals surface area contributed by atoms with E-state index in [0.29, 0.717) is 23.6 Å². The molecule has 0 fully saturated rings. The van der Waals surface area contributed by atoms with E-state index in [2.05, 4.69) is 18.2 Å². The monoisotopic (exact) mass is 419 g/mol. The molecular formula is C25H29N3O3. The van der Waals surface area contributed by atoms with Crippen molar-refractivity contribution in [1.29, 1.82) is 5.26 Å². The van der Waals surface area contributed by atoms with Crippen LogP contribution in [0.1, 0.15) is 40.3 Å². The Balaban J connectivity index is 1.98. The van der Waals surface area contributed by atoms with Gasteiger partial charge in [0, 0.05) is 19.2 Å². The summed E-state index contributed by atoms with van der Waals surface area (Å²) in [4.78, 5) is 17.1. The first-order valence-electron chi connectivity index (χ1n) is 10.3. The number of fused-ring (bicyclic) bond motifs is 1. The van der Waals surface area contributed by atoms with Crippen molar-refractivity contribution in [1.82, 2.24) is 9.80 Å². The smallest absolute Gasteiger partial charge is 0.244 e. The molecule has 3 rings (SSSR count). The van der Waals surface area contributed by atoms with Gasteiger partial charge in [-0.15, -0.1) is 0 Å². The maximum atomic E-state index is 13.5. The molecule has 1 unspecified atom stereocenters. The fourth-order valence-corrected chi connectivity index (χ4v) is 4.12. The van der Waals surface area contributed by atoms with Gasteiger partial charge in [-0.1, -0.05) is 24.3 Å². The van der Waals surface area contributed by atoms with Crippen LogP contribution in [0, 0.1) is 11.3 Å². The molecule has 0 N–H and O–H groups in total. The summed E-state index contributed by atoms with van der Waals surface area (Å²) in [5.74, 6) is 1.20. The fraction of sp³-hybridized carbons (Fsp3) is 0.360. The van der Waals surface area contributed by atoms with Crippen molar-refractivity contribution in [3.05, 3.63) is 64.2 Å². The second-order valence-electron chi connectivity index (χ2n) is 7.90. The Morgan fingerprint density at radius 2 is 1.97 bits per heavy atom. The van der Waals surface area contributed by atoms with Crippen molar-refractivity contribution in [2.45, 2.75) is 25.4 Å². The predicted molar refractivity (Wildman–Crippen MR) is 121 cm³/mol. The quantitative estimate of drug-likeness (QED) is 0.683. The molecular weight excluding hydrogens is 390 g/mol. The zero-order valence-electron chi connectivity index (χ0n) is 18.8. The van der Waals surface area contributed by atoms with Gasteiger partial charge in [0.15, 0.2) is 0 Å². The number of nitriles is 1. The number of carbonyl (C=O) groups is 1. The largest absolute Gasteiger partial charge is 0.497 e. The molecule has 31 heavy (non-hydrogen) atoms. The average molecular weight is 420 g/mol. The lowest BCUT2D eigenvalue weighted by Crippen LogP contribution is -2.38. The highest BCUT2D eigenvalue weighted by molar-refractivity contribution is 5.83. The Morgan fingerprint density at radius 3 is 2.61 bits per heavy atom. The fourth-order valence-electron chi connectivity index (χ4n) is 4.12. The molecule has 0 saturated heterocycles. The van der Waals surface area contributed by atoms with Crippen LogP contribution in [0.4, 0.5) is 0 Å². The van der Waals surface area contributed by atoms with Crippen molar-refractivity contribution in [2.24, 2.45) is 0 Å². The van der Waals surface area contributed by atoms with Crippen LogP contribution in [-0.2, 0) is 17.8 Å². The number of hydrogen-bond donors (Lipinski definition) is 0. The second-order valence-corrected chi connectivity index (χ2v) is 7.90. The van der Waals surface area contributed by atoms with E-state index in [0.717, 1.165) is 35.1 Å². The third-order valence-electron chi connectivity index (χ3n) is 5.63. The number of allylic oxidation sites excluding steroid dienone is 1. The number of benzene rings is 2. The molecule has 1 atom stereocenters. The van der Waals surface area contributed by atoms with Gasteiger partial charge in [0.2, 0.25) is 5.91 Å². The summed E-state index contributed by atoms with van der Waals surface area (Å²) >= 11 is 0. The number of rotatable bonds is 7. The topological polar surface area (TPSA) is 65.8 Å². The zero-order valence-corrected chi connectivity index (χ0v) is 18.8. The van der Waals surface area contributed by atoms with Gasteiger partial charge in [0.1, 0.15) is 23.6 Å². The Labute approximate surface area is 184 Å². The van der Waals surface area contributed by atoms with Gasteiger partial charge in [-0.05, 0) is 61.8 Å². The van der Waals surface area contributed by atoms with Crippen LogP contribution in [0.25, 0.3) is 6.08 Å². The number of likely N-dealkylation sites (N-methyl/N-ethyl adjacent to an activating group) is 2. The standard InChI is InChI=1S/C25H29N3O3/c1-27(2)23(18-10-8-11-20(14-18)30-4)25(29)28(3)16-22-21-12-7-6-9-17(21)13-19(15-26)24(22)31-5/h7-8,10-14,23H,6,9,16H2,1-5H3. The maximum absolute atomic E-state index is 13.5. The number of nitrogens with zero attached hydrogens (tertiary/aromatic N) is 3. The molecule has 2 aromatic carbocycles. The van der Waals surface area contributed by atoms with E-state index >= 15 is 0 Å². The van der Waals surface area contributed by atoms with Crippen molar-refractivity contribution in [3.63, 3.8) is 0 Å². The summed E-state index contributed by atoms with van der Waals surface area (Å²) in [5, 5.41) is 9.63. The zero-order chi connectivity index (χ0) is 22.5. The molecule has 0 bridgehead atoms. The van der Waals surface area contributed by atoms with E-state index in [-0.39, 0.29) is 5.91 Å². The first-order chi connectivity index (χ1) is 14.9. The summed E-state index contributed by atoms with van der Waals surface area (Å²) in [7, 11) is 8.74. The molecule has 0 aromatic heterocycles. The average Bonchev–Trinajstić information content (AvgIpc) is 2.78. The second kappa shape index (κ2) is 9.67. The molecule has 0 heterocycles. The van der Waals surface area contributed by atoms with Crippen LogP contribution < -0.4 is 9.47 Å². The number of ether oxygens (including phenoxy) is 2. The number of carbonyl (C=O) groups excluding carboxylic acids is 1. The minimum Gasteiger partial charge on any atom is -0.497 e. The predicted octanol–water partition coefficient (Wildman–Crippen LogP) is 3.80. The van der Waals surface area contributed by atoms with Gasteiger partial charge < -0.3 is 14.4 Å². The molecule has 1 amide bonds. The van der Waals surface area contributed by atoms with E-state index in [4.69, 9.17) is 9.47 Å². The Morgan fingerprint density at radius 1 is 1.19 bits per heavy atom. The summed E-state index contributed by atoms with van der Waals surface area (Å²) in [5.41, 5.74) is 4.40. The lowest BCUT2D eigenvalue weighted by molar-refractivity contribution is -0.135. The molecule has 1 aliphatic rings. The van der Waals surface area contributed by atoms with Crippen LogP contribution in [-0.4, -0.2) is 51.1 Å². The van der Waals surface area contributed by atoms with E-state index in [1.54, 1.807) is 26.2 Å². The van der Waals surface area contributed by atoms with Gasteiger partial charge in [-0.3, -0.25) is 9.69 Å². The van der Waals surface area contributed by atoms with E-state index < -0.39 is 6.04 Å². The van der Waals surface area contributed by atoms with Crippen molar-refractivity contribution >= 4 is 12.0 Å². The van der Waals surface area contributed by atoms with Crippen LogP contribution in [0.2, 0.25) is 0 Å². The molecule has 2 aromatic rings. The van der Waals surface area contributed by atoms with Crippen molar-refractivity contribution in [2.75, 3.05) is 35.4 Å². The Bertz CT molecular complexity index is 1040. The molecule has 6 nitrogen and oxygen atoms in total. The first-order valence-corrected chi connectivity index (χ1v) is 10.3. The summed E-state index contributed by atoms with van der Waals surface area (Å²) in [6.45, 7) is 0.346. The summed E-state index contributed by atoms with van der Waals surface area (Å²) < 4.78 is 11.0. The lowest BCUT2D eigenvalue weighted by Gasteiger charge is -2.30. The third kappa shape index (κ3) is 4.57. The minimum atomic E-state index is -0.461. The normalized spacial score (nSPS) is 13.3. The van der Waals surface area contributed by atoms with Gasteiger partial charge >= 0.3 is 0 Å². The van der Waals surface area contributed by atoms with Crippen molar-refractivity contribution in [3.8, 4) is 17.6 Å². The Kier molecular flexibility index (Phi) is 6.98. The van der Waals surface area contributed by atoms with Gasteiger partial charge in [0.25, 0.3) is 0 Å². The molecule has 162 valence electrons. The van der Waals surface area contributed by atoms with Crippen LogP contribution in [0.15, 0.2) is 36.4 Å². The highest BCUT2D eigenvalue weighted by Gasteiger charge is 2.28. The minimum absolute atomic E-state index is 0.0452. The highest BCUT2D eigenvalue weighted by Crippen LogP contribution is 2.35. The van der Waals surface area contributed by atoms with Crippen LogP contribution in [0.5, 0.6) is 11.5 Å². The molecule has 1 aliphatic carbocycles. The van der Waals surface area contributed by atoms with Gasteiger partial charge in [-0.2, -0.15) is 5.26 Å². The summed E-state index contributed by atoms with van der Waals surface area (Å²) in [6.07, 6.45) is 6.01. The number of hydrogen-bond acceptors (Lipinski definition) is 5. The maximum Gasteiger partial charge on any atom is 0.244 e. The molecule has 0 radical (unpaired) electrons. The van der Waals surface area contributed by atoms with Gasteiger partial charge in [0.05, 0.1) is 19.8 Å². The molecule has 0 saturated carbocycles. The lowest BCUT2D eigenvalue weighted by atomic mass is 9.90. The van der Waals surface area contributed by atoms with Crippen LogP contribution >= 0.6 is 0 Å². The third-order valence-corrected chi connectivity index (χ3v) is 5.63. The number of amides is 1. The van der Waals surface area contributed by atoms with Crippen LogP contribution in [0.3, 0.4) is 0 Å². The van der Waals surface area contributed by atoms with E-state index in [1.807, 2.05) is 49.3 Å².